The number of fused-ring (bicyclic) bond motifs is 2. The van der Waals surface area contributed by atoms with Crippen LogP contribution in [0.1, 0.15) is 109 Å². The van der Waals surface area contributed by atoms with Gasteiger partial charge in [-0.3, -0.25) is 29.0 Å². The van der Waals surface area contributed by atoms with Crippen molar-refractivity contribution >= 4 is 70.0 Å². The number of benzene rings is 4. The fraction of sp³-hybridized carbons (Fsp3) is 0.541. The molecular weight excluding hydrogens is 1050 g/mol. The third-order valence-corrected chi connectivity index (χ3v) is 17.2. The van der Waals surface area contributed by atoms with Crippen molar-refractivity contribution in [3.63, 3.8) is 0 Å². The van der Waals surface area contributed by atoms with Crippen LogP contribution in [0, 0.1) is 11.8 Å². The fourth-order valence-electron chi connectivity index (χ4n) is 11.7. The van der Waals surface area contributed by atoms with Crippen LogP contribution in [0.25, 0.3) is 0 Å². The molecule has 420 valence electrons. The van der Waals surface area contributed by atoms with Gasteiger partial charge < -0.3 is 31.1 Å². The van der Waals surface area contributed by atoms with Crippen LogP contribution in [0.5, 0.6) is 0 Å². The predicted octanol–water partition coefficient (Wildman–Crippen LogP) is 10.6. The van der Waals surface area contributed by atoms with E-state index in [2.05, 4.69) is 116 Å². The highest BCUT2D eigenvalue weighted by Crippen LogP contribution is 2.34. The van der Waals surface area contributed by atoms with Crippen LogP contribution in [0.15, 0.2) is 97.1 Å². The lowest BCUT2D eigenvalue weighted by atomic mass is 9.99. The van der Waals surface area contributed by atoms with Crippen LogP contribution in [0.2, 0.25) is 20.1 Å². The minimum atomic E-state index is -0.526. The number of amides is 4. The first-order valence-corrected chi connectivity index (χ1v) is 28.9. The van der Waals surface area contributed by atoms with E-state index in [4.69, 9.17) is 52.1 Å². The Kier molecular flexibility index (Phi) is 23.6. The van der Waals surface area contributed by atoms with Gasteiger partial charge in [-0.15, -0.1) is 0 Å². The van der Waals surface area contributed by atoms with Gasteiger partial charge in [0.2, 0.25) is 23.6 Å². The normalized spacial score (nSPS) is 22.6. The predicted molar refractivity (Wildman–Crippen MR) is 315 cm³/mol. The van der Waals surface area contributed by atoms with E-state index < -0.39 is 12.1 Å². The molecule has 12 nitrogen and oxygen atoms in total. The number of hydrogen-bond donors (Lipinski definition) is 3. The Hall–Kier alpha value is -4.24. The van der Waals surface area contributed by atoms with Gasteiger partial charge >= 0.3 is 0 Å². The lowest BCUT2D eigenvalue weighted by Gasteiger charge is -2.33. The number of nitrogens with two attached hydrogens (primary N) is 1. The SMILES string of the molecule is C.CC(C)C[C@H](C(=O)NCc1ccc(Cl)c(Cl)c1)N1CCC(CCc2ccccc2)N2C[C@H](N(C)C)C[C@H]2C1=O.CC(C)C[C@H](C(=O)NCc1ccc(Cl)c(Cl)c1)N1CCC(CCc2ccccc2)N2C[C@H](N)C[C@H]2C1=O. The molecule has 4 aliphatic heterocycles. The maximum Gasteiger partial charge on any atom is 0.243 e. The zero-order chi connectivity index (χ0) is 54.6. The van der Waals surface area contributed by atoms with Crippen LogP contribution in [-0.2, 0) is 45.1 Å². The van der Waals surface area contributed by atoms with Crippen LogP contribution >= 0.6 is 46.4 Å². The van der Waals surface area contributed by atoms with E-state index in [9.17, 15) is 19.2 Å². The van der Waals surface area contributed by atoms with Gasteiger partial charge in [-0.1, -0.05) is 154 Å². The Morgan fingerprint density at radius 2 is 1.01 bits per heavy atom. The van der Waals surface area contributed by atoms with Crippen molar-refractivity contribution < 1.29 is 19.2 Å². The standard InChI is InChI=1S/C31H42Cl2N4O2.C29H38Cl2N4O2.CH4/c1-21(2)16-28(30(38)34-19-23-11-13-26(32)27(33)17-23)36-15-14-24(12-10-22-8-6-5-7-9-22)37-20-25(35(3)4)18-29(37)31(36)39;1-19(2)14-26(28(36)33-17-21-9-11-24(30)25(31)15-21)34-13-12-23(10-8-20-6-4-3-5-7-20)35-18-22(32)16-27(35)29(34)37;/h5-9,11,13,17,21,24-25,28-29H,10,12,14-16,18-20H2,1-4H3,(H,34,38);3-7,9,11,15,19,22-23,26-27H,8,10,12-14,16-18,32H2,1-2H3,(H,33,36);1H4/t24?,25-,28-,29+;22-,23?,26-,27+;/m11./s1. The number of rotatable bonds is 19. The summed E-state index contributed by atoms with van der Waals surface area (Å²) in [6, 6.07) is 31.1. The second-order valence-electron chi connectivity index (χ2n) is 22.5. The molecule has 0 bridgehead atoms. The summed E-state index contributed by atoms with van der Waals surface area (Å²) < 4.78 is 0. The lowest BCUT2D eigenvalue weighted by Crippen LogP contribution is -2.53. The molecule has 0 radical (unpaired) electrons. The molecule has 4 aromatic carbocycles. The van der Waals surface area contributed by atoms with Gasteiger partial charge in [0, 0.05) is 63.4 Å². The minimum absolute atomic E-state index is 0. The Morgan fingerprint density at radius 3 is 1.42 bits per heavy atom. The molecule has 8 rings (SSSR count). The molecule has 8 atom stereocenters. The summed E-state index contributed by atoms with van der Waals surface area (Å²) in [6.45, 7) is 11.8. The number of hydrogen-bond acceptors (Lipinski definition) is 8. The Bertz CT molecular complexity index is 2560. The molecule has 0 aromatic heterocycles. The molecule has 4 N–H and O–H groups in total. The number of nitrogens with one attached hydrogen (secondary N) is 2. The summed E-state index contributed by atoms with van der Waals surface area (Å²) in [5, 5.41) is 8.00. The minimum Gasteiger partial charge on any atom is -0.350 e. The molecule has 4 heterocycles. The number of carbonyl (C=O) groups excluding carboxylic acids is 4. The van der Waals surface area contributed by atoms with Crippen LogP contribution in [0.4, 0.5) is 0 Å². The summed E-state index contributed by atoms with van der Waals surface area (Å²) in [7, 11) is 4.19. The van der Waals surface area contributed by atoms with Gasteiger partial charge in [0.1, 0.15) is 12.1 Å². The van der Waals surface area contributed by atoms with Crippen LogP contribution in [-0.4, -0.2) is 137 Å². The third-order valence-electron chi connectivity index (χ3n) is 15.8. The quantitative estimate of drug-likeness (QED) is 0.0845. The highest BCUT2D eigenvalue weighted by Gasteiger charge is 2.48. The monoisotopic (exact) mass is 1130 g/mol. The maximum absolute atomic E-state index is 14.2. The first-order chi connectivity index (χ1) is 36.4. The molecule has 77 heavy (non-hydrogen) atoms. The van der Waals surface area contributed by atoms with E-state index >= 15 is 0 Å². The summed E-state index contributed by atoms with van der Waals surface area (Å²) in [6.07, 6.45) is 8.25. The number of likely N-dealkylation sites (N-methyl/N-ethyl adjacent to an activating group) is 1. The van der Waals surface area contributed by atoms with Crippen molar-refractivity contribution in [1.82, 2.24) is 35.1 Å². The third kappa shape index (κ3) is 16.9. The van der Waals surface area contributed by atoms with Gasteiger partial charge in [-0.25, -0.2) is 0 Å². The van der Waals surface area contributed by atoms with Gasteiger partial charge in [0.15, 0.2) is 0 Å². The lowest BCUT2D eigenvalue weighted by molar-refractivity contribution is -0.143. The summed E-state index contributed by atoms with van der Waals surface area (Å²) in [5.74, 6) is 0.407. The molecule has 0 spiro atoms. The van der Waals surface area contributed by atoms with Crippen LogP contribution in [0.3, 0.4) is 0 Å². The van der Waals surface area contributed by atoms with E-state index in [0.29, 0.717) is 77.6 Å². The molecule has 2 unspecified atom stereocenters. The van der Waals surface area contributed by atoms with Gasteiger partial charge in [-0.05, 0) is 137 Å². The molecular formula is C61H84Cl4N8O4. The topological polar surface area (TPSA) is 135 Å². The van der Waals surface area contributed by atoms with Crippen LogP contribution < -0.4 is 16.4 Å². The Labute approximate surface area is 479 Å². The van der Waals surface area contributed by atoms with E-state index in [-0.39, 0.29) is 67.1 Å². The number of nitrogens with zero attached hydrogens (tertiary/aromatic N) is 5. The molecule has 4 saturated heterocycles. The Morgan fingerprint density at radius 1 is 0.597 bits per heavy atom. The molecule has 16 heteroatoms. The molecule has 0 saturated carbocycles. The van der Waals surface area contributed by atoms with E-state index in [0.717, 1.165) is 69.2 Å². The smallest absolute Gasteiger partial charge is 0.243 e. The summed E-state index contributed by atoms with van der Waals surface area (Å²) >= 11 is 24.4. The summed E-state index contributed by atoms with van der Waals surface area (Å²) in [5.41, 5.74) is 10.7. The van der Waals surface area contributed by atoms with E-state index in [1.54, 1.807) is 24.3 Å². The van der Waals surface area contributed by atoms with Crippen molar-refractivity contribution in [1.29, 1.82) is 0 Å². The van der Waals surface area contributed by atoms with Crippen molar-refractivity contribution in [2.75, 3.05) is 40.3 Å². The second-order valence-corrected chi connectivity index (χ2v) is 24.1. The van der Waals surface area contributed by atoms with E-state index in [1.165, 1.54) is 11.1 Å². The first-order valence-electron chi connectivity index (χ1n) is 27.4. The highest BCUT2D eigenvalue weighted by molar-refractivity contribution is 6.42. The van der Waals surface area contributed by atoms with Crippen molar-refractivity contribution in [2.24, 2.45) is 17.6 Å². The number of carbonyl (C=O) groups is 4. The first kappa shape index (κ1) is 62.0. The second kappa shape index (κ2) is 29.3. The average molecular weight is 1140 g/mol. The maximum atomic E-state index is 14.2. The molecule has 4 aromatic rings. The molecule has 0 aliphatic carbocycles. The van der Waals surface area contributed by atoms with E-state index in [1.807, 2.05) is 34.1 Å². The Balaban J connectivity index is 0.000000247. The zero-order valence-electron chi connectivity index (χ0n) is 45.3. The highest BCUT2D eigenvalue weighted by atomic mass is 35.5. The largest absolute Gasteiger partial charge is 0.350 e. The van der Waals surface area contributed by atoms with Gasteiger partial charge in [0.25, 0.3) is 0 Å². The molecule has 4 fully saturated rings. The van der Waals surface area contributed by atoms with Gasteiger partial charge in [0.05, 0.1) is 32.2 Å². The number of halogens is 4. The fourth-order valence-corrected chi connectivity index (χ4v) is 12.3. The summed E-state index contributed by atoms with van der Waals surface area (Å²) in [4.78, 5) is 65.9. The van der Waals surface area contributed by atoms with Gasteiger partial charge in [-0.2, -0.15) is 0 Å². The molecule has 4 amide bonds. The number of aryl methyl sites for hydroxylation is 2. The zero-order valence-corrected chi connectivity index (χ0v) is 48.3. The van der Waals surface area contributed by atoms with Crippen molar-refractivity contribution in [3.8, 4) is 0 Å². The average Bonchev–Trinajstić information content (AvgIpc) is 3.98. The molecule has 4 aliphatic rings. The van der Waals surface area contributed by atoms with Crippen molar-refractivity contribution in [2.45, 2.75) is 161 Å². The van der Waals surface area contributed by atoms with Crippen molar-refractivity contribution in [3.05, 3.63) is 139 Å².